The molecule has 0 unspecified atom stereocenters. The molecule has 1 aliphatic heterocycles. The fourth-order valence-electron chi connectivity index (χ4n) is 3.17. The Labute approximate surface area is 148 Å². The van der Waals surface area contributed by atoms with Crippen LogP contribution in [0.2, 0.25) is 0 Å². The zero-order chi connectivity index (χ0) is 17.9. The number of hydrogen-bond acceptors (Lipinski definition) is 3. The molecule has 2 aliphatic rings. The first-order valence-electron chi connectivity index (χ1n) is 9.49. The average molecular weight is 334 g/mol. The third-order valence-corrected chi connectivity index (χ3v) is 4.55. The lowest BCUT2D eigenvalue weighted by Gasteiger charge is -2.31. The van der Waals surface area contributed by atoms with E-state index in [4.69, 9.17) is 0 Å². The maximum absolute atomic E-state index is 11.8. The molecule has 4 nitrogen and oxygen atoms in total. The van der Waals surface area contributed by atoms with Crippen LogP contribution < -0.4 is 5.32 Å². The van der Waals surface area contributed by atoms with Gasteiger partial charge in [-0.25, -0.2) is 0 Å². The number of hydrogen-bond donors (Lipinski definition) is 1. The molecule has 0 bridgehead atoms. The molecule has 136 valence electrons. The molecular formula is C20H35N3O. The molecule has 1 heterocycles. The van der Waals surface area contributed by atoms with Crippen LogP contribution in [0.5, 0.6) is 0 Å². The lowest BCUT2D eigenvalue weighted by molar-refractivity contribution is -0.133. The van der Waals surface area contributed by atoms with Gasteiger partial charge >= 0.3 is 0 Å². The molecule has 1 saturated heterocycles. The average Bonchev–Trinajstić information content (AvgIpc) is 3.08. The normalized spacial score (nSPS) is 16.9. The summed E-state index contributed by atoms with van der Waals surface area (Å²) in [6.07, 6.45) is 2.91. The van der Waals surface area contributed by atoms with E-state index in [9.17, 15) is 4.79 Å². The van der Waals surface area contributed by atoms with Crippen molar-refractivity contribution in [3.05, 3.63) is 35.4 Å². The summed E-state index contributed by atoms with van der Waals surface area (Å²) in [4.78, 5) is 16.1. The number of fused-ring (bicyclic) bond motifs is 1. The Morgan fingerprint density at radius 3 is 2.25 bits per heavy atom. The number of carbonyl (C=O) groups excluding carboxylic acids is 1. The molecule has 1 aromatic carbocycles. The third kappa shape index (κ3) is 5.60. The summed E-state index contributed by atoms with van der Waals surface area (Å²) >= 11 is 0. The van der Waals surface area contributed by atoms with E-state index in [0.29, 0.717) is 19.1 Å². The van der Waals surface area contributed by atoms with Gasteiger partial charge in [-0.05, 0) is 31.0 Å². The van der Waals surface area contributed by atoms with E-state index in [0.717, 1.165) is 32.5 Å². The van der Waals surface area contributed by atoms with Crippen molar-refractivity contribution in [1.82, 2.24) is 15.1 Å². The molecule has 1 amide bonds. The van der Waals surface area contributed by atoms with Crippen LogP contribution in [-0.2, 0) is 17.6 Å². The first-order valence-corrected chi connectivity index (χ1v) is 9.49. The summed E-state index contributed by atoms with van der Waals surface area (Å²) in [6.45, 7) is 11.3. The molecule has 1 N–H and O–H groups in total. The molecule has 1 aliphatic carbocycles. The number of likely N-dealkylation sites (N-methyl/N-ethyl adjacent to an activating group) is 1. The minimum absolute atomic E-state index is 0.284. The van der Waals surface area contributed by atoms with E-state index in [1.54, 1.807) is 0 Å². The van der Waals surface area contributed by atoms with Gasteiger partial charge in [-0.1, -0.05) is 52.0 Å². The highest BCUT2D eigenvalue weighted by molar-refractivity contribution is 5.76. The van der Waals surface area contributed by atoms with Crippen molar-refractivity contribution in [2.75, 3.05) is 33.4 Å². The monoisotopic (exact) mass is 333 g/mol. The third-order valence-electron chi connectivity index (χ3n) is 4.55. The van der Waals surface area contributed by atoms with Gasteiger partial charge in [0.25, 0.3) is 0 Å². The van der Waals surface area contributed by atoms with Crippen molar-refractivity contribution in [2.45, 2.75) is 53.0 Å². The molecule has 1 fully saturated rings. The lowest BCUT2D eigenvalue weighted by Crippen LogP contribution is -2.49. The van der Waals surface area contributed by atoms with Crippen molar-refractivity contribution in [2.24, 2.45) is 0 Å². The molecule has 0 aromatic heterocycles. The van der Waals surface area contributed by atoms with E-state index < -0.39 is 0 Å². The molecule has 4 heteroatoms. The smallest absolute Gasteiger partial charge is 0.224 e. The van der Waals surface area contributed by atoms with Gasteiger partial charge in [0, 0.05) is 32.1 Å². The van der Waals surface area contributed by atoms with Gasteiger partial charge < -0.3 is 9.80 Å². The van der Waals surface area contributed by atoms with Crippen LogP contribution in [0.1, 0.15) is 45.2 Å². The minimum atomic E-state index is 0.284. The van der Waals surface area contributed by atoms with Gasteiger partial charge in [-0.15, -0.1) is 0 Å². The number of rotatable bonds is 4. The zero-order valence-electron chi connectivity index (χ0n) is 16.1. The van der Waals surface area contributed by atoms with Crippen molar-refractivity contribution in [3.63, 3.8) is 0 Å². The lowest BCUT2D eigenvalue weighted by atomic mass is 10.1. The van der Waals surface area contributed by atoms with Gasteiger partial charge in [0.1, 0.15) is 0 Å². The first kappa shape index (κ1) is 20.7. The molecular weight excluding hydrogens is 298 g/mol. The second-order valence-corrected chi connectivity index (χ2v) is 5.88. The summed E-state index contributed by atoms with van der Waals surface area (Å²) in [5, 5.41) is 3.26. The van der Waals surface area contributed by atoms with Gasteiger partial charge in [-0.2, -0.15) is 0 Å². The molecule has 3 rings (SSSR count). The standard InChI is InChI=1S/C16H23N3O.2C2H6/c1-18(8-9-19-12-17-7-6-16(19)20)15-10-13-4-2-3-5-14(13)11-15;2*1-2/h2-5,15,17H,6-12H2,1H3;2*1-2H3. The van der Waals surface area contributed by atoms with Crippen LogP contribution >= 0.6 is 0 Å². The Hall–Kier alpha value is -1.39. The van der Waals surface area contributed by atoms with Gasteiger partial charge in [-0.3, -0.25) is 10.1 Å². The summed E-state index contributed by atoms with van der Waals surface area (Å²) < 4.78 is 0. The van der Waals surface area contributed by atoms with Crippen molar-refractivity contribution in [3.8, 4) is 0 Å². The van der Waals surface area contributed by atoms with Crippen LogP contribution in [0, 0.1) is 0 Å². The second kappa shape index (κ2) is 11.2. The molecule has 0 saturated carbocycles. The Morgan fingerprint density at radius 1 is 1.12 bits per heavy atom. The number of amides is 1. The SMILES string of the molecule is CC.CC.CN(CCN1CNCCC1=O)C1Cc2ccccc2C1. The molecule has 0 radical (unpaired) electrons. The quantitative estimate of drug-likeness (QED) is 0.920. The fourth-order valence-corrected chi connectivity index (χ4v) is 3.17. The predicted octanol–water partition coefficient (Wildman–Crippen LogP) is 2.92. The Balaban J connectivity index is 0.000000671. The van der Waals surface area contributed by atoms with E-state index in [1.165, 1.54) is 11.1 Å². The van der Waals surface area contributed by atoms with Gasteiger partial charge in [0.15, 0.2) is 0 Å². The Bertz CT molecular complexity index is 465. The van der Waals surface area contributed by atoms with Crippen LogP contribution in [0.4, 0.5) is 0 Å². The Kier molecular flexibility index (Phi) is 9.65. The Morgan fingerprint density at radius 2 is 1.71 bits per heavy atom. The first-order chi connectivity index (χ1) is 11.7. The van der Waals surface area contributed by atoms with Gasteiger partial charge in [0.2, 0.25) is 5.91 Å². The maximum Gasteiger partial charge on any atom is 0.224 e. The predicted molar refractivity (Wildman–Crippen MR) is 102 cm³/mol. The summed E-state index contributed by atoms with van der Waals surface area (Å²) in [7, 11) is 2.18. The minimum Gasteiger partial charge on any atom is -0.329 e. The largest absolute Gasteiger partial charge is 0.329 e. The van der Waals surface area contributed by atoms with Crippen LogP contribution in [0.3, 0.4) is 0 Å². The van der Waals surface area contributed by atoms with Crippen LogP contribution in [0.15, 0.2) is 24.3 Å². The summed E-state index contributed by atoms with van der Waals surface area (Å²) in [5.74, 6) is 0.284. The molecule has 24 heavy (non-hydrogen) atoms. The molecule has 0 atom stereocenters. The number of nitrogens with one attached hydrogen (secondary N) is 1. The van der Waals surface area contributed by atoms with E-state index in [-0.39, 0.29) is 5.91 Å². The van der Waals surface area contributed by atoms with Crippen molar-refractivity contribution in [1.29, 1.82) is 0 Å². The highest BCUT2D eigenvalue weighted by Crippen LogP contribution is 2.24. The molecule has 0 spiro atoms. The number of benzene rings is 1. The maximum atomic E-state index is 11.8. The van der Waals surface area contributed by atoms with Crippen molar-refractivity contribution >= 4 is 5.91 Å². The second-order valence-electron chi connectivity index (χ2n) is 5.88. The zero-order valence-corrected chi connectivity index (χ0v) is 16.1. The van der Waals surface area contributed by atoms with E-state index in [1.807, 2.05) is 32.6 Å². The van der Waals surface area contributed by atoms with E-state index >= 15 is 0 Å². The summed E-state index contributed by atoms with van der Waals surface area (Å²) in [6, 6.07) is 9.31. The topological polar surface area (TPSA) is 35.6 Å². The highest BCUT2D eigenvalue weighted by atomic mass is 16.2. The molecule has 1 aromatic rings. The fraction of sp³-hybridized carbons (Fsp3) is 0.650. The van der Waals surface area contributed by atoms with Crippen LogP contribution in [-0.4, -0.2) is 55.1 Å². The van der Waals surface area contributed by atoms with Gasteiger partial charge in [0.05, 0.1) is 6.67 Å². The van der Waals surface area contributed by atoms with Crippen LogP contribution in [0.25, 0.3) is 0 Å². The van der Waals surface area contributed by atoms with Crippen molar-refractivity contribution < 1.29 is 4.79 Å². The summed E-state index contributed by atoms with van der Waals surface area (Å²) in [5.41, 5.74) is 2.97. The van der Waals surface area contributed by atoms with E-state index in [2.05, 4.69) is 41.5 Å². The highest BCUT2D eigenvalue weighted by Gasteiger charge is 2.25. The number of carbonyl (C=O) groups is 1. The number of nitrogens with zero attached hydrogens (tertiary/aromatic N) is 2.